The number of likely N-dealkylation sites (tertiary alicyclic amines) is 1. The van der Waals surface area contributed by atoms with Gasteiger partial charge in [-0.2, -0.15) is 0 Å². The van der Waals surface area contributed by atoms with E-state index in [2.05, 4.69) is 28.4 Å². The van der Waals surface area contributed by atoms with Gasteiger partial charge in [-0.25, -0.2) is 0 Å². The third-order valence-corrected chi connectivity index (χ3v) is 7.20. The van der Waals surface area contributed by atoms with Gasteiger partial charge in [-0.05, 0) is 80.5 Å². The number of carboxylic acid groups (broad SMARTS) is 1. The maximum Gasteiger partial charge on any atom is 0.325 e. The molecule has 5 rings (SSSR count). The maximum atomic E-state index is 12.2. The summed E-state index contributed by atoms with van der Waals surface area (Å²) in [5.41, 5.74) is 5.76. The first-order valence-electron chi connectivity index (χ1n) is 12.6. The molecule has 2 N–H and O–H groups in total. The summed E-state index contributed by atoms with van der Waals surface area (Å²) in [5, 5.41) is 13.5. The fourth-order valence-corrected chi connectivity index (χ4v) is 5.31. The van der Waals surface area contributed by atoms with Gasteiger partial charge in [-0.3, -0.25) is 14.7 Å². The summed E-state index contributed by atoms with van der Waals surface area (Å²) in [4.78, 5) is 19.1. The van der Waals surface area contributed by atoms with Gasteiger partial charge < -0.3 is 15.2 Å². The summed E-state index contributed by atoms with van der Waals surface area (Å²) >= 11 is 0. The molecule has 1 aliphatic carbocycles. The van der Waals surface area contributed by atoms with Gasteiger partial charge in [0, 0.05) is 31.9 Å². The molecule has 1 saturated carbocycles. The Morgan fingerprint density at radius 3 is 2.91 bits per heavy atom. The zero-order valence-corrected chi connectivity index (χ0v) is 19.3. The van der Waals surface area contributed by atoms with Crippen LogP contribution in [0.1, 0.15) is 73.0 Å². The second kappa shape index (κ2) is 10.2. The van der Waals surface area contributed by atoms with E-state index in [1.165, 1.54) is 35.5 Å². The number of carboxylic acids is 1. The van der Waals surface area contributed by atoms with Crippen LogP contribution in [-0.2, 0) is 22.4 Å². The fourth-order valence-electron chi connectivity index (χ4n) is 5.31. The summed E-state index contributed by atoms with van der Waals surface area (Å²) in [6.45, 7) is 3.23. The molecule has 2 aromatic rings. The minimum atomic E-state index is -0.753. The molecular formula is C27H35N3O3. The number of hydrogen-bond acceptors (Lipinski definition) is 5. The van der Waals surface area contributed by atoms with Crippen molar-refractivity contribution >= 4 is 11.7 Å². The highest BCUT2D eigenvalue weighted by Gasteiger charge is 2.37. The number of pyridine rings is 1. The van der Waals surface area contributed by atoms with Crippen LogP contribution in [0.3, 0.4) is 0 Å². The smallest absolute Gasteiger partial charge is 0.325 e. The molecule has 3 heterocycles. The van der Waals surface area contributed by atoms with Crippen LogP contribution in [0, 0.1) is 0 Å². The van der Waals surface area contributed by atoms with E-state index in [0.717, 1.165) is 63.8 Å². The van der Waals surface area contributed by atoms with E-state index in [1.807, 2.05) is 18.2 Å². The highest BCUT2D eigenvalue weighted by atomic mass is 16.5. The number of nitrogens with zero attached hydrogens (tertiary/aromatic N) is 2. The van der Waals surface area contributed by atoms with Crippen molar-refractivity contribution in [1.82, 2.24) is 9.88 Å². The van der Waals surface area contributed by atoms with Gasteiger partial charge in [-0.1, -0.05) is 24.3 Å². The quantitative estimate of drug-likeness (QED) is 0.518. The number of fused-ring (bicyclic) bond motifs is 1. The lowest BCUT2D eigenvalue weighted by Crippen LogP contribution is -2.34. The lowest BCUT2D eigenvalue weighted by molar-refractivity contribution is -0.143. The van der Waals surface area contributed by atoms with Crippen LogP contribution in [0.15, 0.2) is 36.4 Å². The molecule has 2 atom stereocenters. The summed E-state index contributed by atoms with van der Waals surface area (Å²) in [7, 11) is 0. The van der Waals surface area contributed by atoms with Crippen molar-refractivity contribution in [1.29, 1.82) is 0 Å². The predicted octanol–water partition coefficient (Wildman–Crippen LogP) is 4.56. The van der Waals surface area contributed by atoms with Crippen molar-refractivity contribution in [2.24, 2.45) is 0 Å². The zero-order chi connectivity index (χ0) is 22.6. The minimum Gasteiger partial charge on any atom is -0.480 e. The van der Waals surface area contributed by atoms with Gasteiger partial charge in [0.05, 0.1) is 17.5 Å². The Balaban J connectivity index is 1.08. The first kappa shape index (κ1) is 22.4. The molecule has 33 heavy (non-hydrogen) atoms. The van der Waals surface area contributed by atoms with Crippen LogP contribution >= 0.6 is 0 Å². The van der Waals surface area contributed by atoms with Crippen molar-refractivity contribution in [3.05, 3.63) is 58.9 Å². The molecule has 6 nitrogen and oxygen atoms in total. The van der Waals surface area contributed by atoms with Gasteiger partial charge in [0.15, 0.2) is 0 Å². The Morgan fingerprint density at radius 2 is 2.06 bits per heavy atom. The number of aryl methyl sites for hydroxylation is 2. The molecule has 2 fully saturated rings. The van der Waals surface area contributed by atoms with Crippen molar-refractivity contribution in [2.45, 2.75) is 69.4 Å². The van der Waals surface area contributed by atoms with E-state index < -0.39 is 12.0 Å². The molecule has 0 radical (unpaired) electrons. The number of anilines is 1. The lowest BCUT2D eigenvalue weighted by Gasteiger charge is -2.26. The van der Waals surface area contributed by atoms with Gasteiger partial charge in [-0.15, -0.1) is 0 Å². The molecule has 176 valence electrons. The third kappa shape index (κ3) is 5.39. The molecule has 1 unspecified atom stereocenters. The molecule has 1 aromatic carbocycles. The van der Waals surface area contributed by atoms with Crippen LogP contribution in [0.2, 0.25) is 0 Å². The summed E-state index contributed by atoms with van der Waals surface area (Å²) in [6.07, 6.45) is 8.63. The maximum absolute atomic E-state index is 12.2. The number of aliphatic carboxylic acids is 1. The highest BCUT2D eigenvalue weighted by Crippen LogP contribution is 2.44. The van der Waals surface area contributed by atoms with Crippen molar-refractivity contribution in [2.75, 3.05) is 31.6 Å². The average molecular weight is 450 g/mol. The van der Waals surface area contributed by atoms with Crippen molar-refractivity contribution in [3.8, 4) is 0 Å². The van der Waals surface area contributed by atoms with Gasteiger partial charge in [0.25, 0.3) is 0 Å². The summed E-state index contributed by atoms with van der Waals surface area (Å²) < 4.78 is 6.15. The average Bonchev–Trinajstić information content (AvgIpc) is 3.58. The molecule has 2 aliphatic heterocycles. The number of hydrogen-bond donors (Lipinski definition) is 2. The highest BCUT2D eigenvalue weighted by molar-refractivity contribution is 5.76. The normalized spacial score (nSPS) is 21.4. The van der Waals surface area contributed by atoms with E-state index in [4.69, 9.17) is 9.72 Å². The number of nitrogens with one attached hydrogen (secondary N) is 1. The number of aromatic nitrogens is 1. The molecule has 1 saturated heterocycles. The molecule has 1 aromatic heterocycles. The number of ether oxygens (including phenoxy) is 1. The second-order valence-corrected chi connectivity index (χ2v) is 9.70. The van der Waals surface area contributed by atoms with Crippen LogP contribution in [0.25, 0.3) is 0 Å². The molecule has 3 aliphatic rings. The van der Waals surface area contributed by atoms with Crippen molar-refractivity contribution in [3.63, 3.8) is 0 Å². The predicted molar refractivity (Wildman–Crippen MR) is 129 cm³/mol. The largest absolute Gasteiger partial charge is 0.480 e. The molecule has 0 amide bonds. The fraction of sp³-hybridized carbons (Fsp3) is 0.556. The van der Waals surface area contributed by atoms with Crippen molar-refractivity contribution < 1.29 is 14.6 Å². The Morgan fingerprint density at radius 1 is 1.18 bits per heavy atom. The second-order valence-electron chi connectivity index (χ2n) is 9.70. The summed E-state index contributed by atoms with van der Waals surface area (Å²) in [6, 6.07) is 11.9. The van der Waals surface area contributed by atoms with Gasteiger partial charge in [0.1, 0.15) is 6.04 Å². The number of unbranched alkanes of at least 4 members (excludes halogenated alkanes) is 1. The first-order valence-corrected chi connectivity index (χ1v) is 12.6. The molecule has 0 spiro atoms. The van der Waals surface area contributed by atoms with E-state index in [0.29, 0.717) is 12.5 Å². The third-order valence-electron chi connectivity index (χ3n) is 7.20. The first-order chi connectivity index (χ1) is 16.2. The number of benzene rings is 1. The topological polar surface area (TPSA) is 74.7 Å². The SMILES string of the molecule is O=C(O)C(c1ccccc1C1CC1)N1CC[C@H](OCCCCc2ccc3c(n2)CCCN3)C1. The molecular weight excluding hydrogens is 414 g/mol. The van der Waals surface area contributed by atoms with E-state index in [1.54, 1.807) is 0 Å². The van der Waals surface area contributed by atoms with E-state index >= 15 is 0 Å². The Kier molecular flexibility index (Phi) is 6.93. The summed E-state index contributed by atoms with van der Waals surface area (Å²) in [5.74, 6) is -0.213. The Labute approximate surface area is 196 Å². The van der Waals surface area contributed by atoms with Crippen LogP contribution < -0.4 is 5.32 Å². The van der Waals surface area contributed by atoms with E-state index in [-0.39, 0.29) is 6.10 Å². The number of rotatable bonds is 10. The Hall–Kier alpha value is -2.44. The van der Waals surface area contributed by atoms with Crippen LogP contribution in [0.5, 0.6) is 0 Å². The molecule has 0 bridgehead atoms. The Bertz CT molecular complexity index is 975. The lowest BCUT2D eigenvalue weighted by atomic mass is 9.96. The van der Waals surface area contributed by atoms with Crippen LogP contribution in [-0.4, -0.2) is 53.3 Å². The molecule has 6 heteroatoms. The zero-order valence-electron chi connectivity index (χ0n) is 19.3. The standard InChI is InChI=1S/C27H35N3O3/c31-27(32)26(23-8-2-1-7-22(23)19-10-11-19)30-16-14-21(18-30)33-17-4-3-6-20-12-13-24-25(29-20)9-5-15-28-24/h1-2,7-8,12-13,19,21,26,28H,3-6,9-11,14-18H2,(H,31,32)/t21-,26?/m0/s1. The van der Waals surface area contributed by atoms with Gasteiger partial charge in [0.2, 0.25) is 0 Å². The van der Waals surface area contributed by atoms with E-state index in [9.17, 15) is 9.90 Å². The van der Waals surface area contributed by atoms with Crippen LogP contribution in [0.4, 0.5) is 5.69 Å². The minimum absolute atomic E-state index is 0.118. The monoisotopic (exact) mass is 449 g/mol. The number of carbonyl (C=O) groups is 1. The van der Waals surface area contributed by atoms with Gasteiger partial charge >= 0.3 is 5.97 Å².